The number of aromatic carboxylic acids is 1. The minimum Gasteiger partial charge on any atom is -0.478 e. The molecule has 16 heavy (non-hydrogen) atoms. The Hall–Kier alpha value is -2.68. The quantitative estimate of drug-likeness (QED) is 0.799. The first-order valence-electron chi connectivity index (χ1n) is 4.37. The lowest BCUT2D eigenvalue weighted by molar-refractivity contribution is 0.0696. The van der Waals surface area contributed by atoms with Crippen molar-refractivity contribution in [2.45, 2.75) is 0 Å². The fourth-order valence-electron chi connectivity index (χ4n) is 1.27. The summed E-state index contributed by atoms with van der Waals surface area (Å²) in [5.74, 6) is -0.773. The van der Waals surface area contributed by atoms with Crippen LogP contribution < -0.4 is 0 Å². The molecular weight excluding hydrogens is 208 g/mol. The third-order valence-corrected chi connectivity index (χ3v) is 1.97. The lowest BCUT2D eigenvalue weighted by Crippen LogP contribution is -2.04. The average molecular weight is 214 g/mol. The zero-order valence-electron chi connectivity index (χ0n) is 8.03. The lowest BCUT2D eigenvalue weighted by atomic mass is 10.2. The number of carbonyl (C=O) groups is 1. The molecule has 2 rings (SSSR count). The second-order valence-electron chi connectivity index (χ2n) is 2.92. The van der Waals surface area contributed by atoms with E-state index in [1.165, 1.54) is 4.68 Å². The summed E-state index contributed by atoms with van der Waals surface area (Å²) in [6, 6.07) is 6.89. The van der Waals surface area contributed by atoms with E-state index in [0.29, 0.717) is 5.82 Å². The van der Waals surface area contributed by atoms with Crippen molar-refractivity contribution >= 4 is 5.97 Å². The highest BCUT2D eigenvalue weighted by Gasteiger charge is 2.17. The Bertz CT molecular complexity index is 568. The number of hydrogen-bond acceptors (Lipinski definition) is 4. The van der Waals surface area contributed by atoms with E-state index in [-0.39, 0.29) is 11.3 Å². The van der Waals surface area contributed by atoms with Crippen LogP contribution >= 0.6 is 0 Å². The highest BCUT2D eigenvalue weighted by molar-refractivity contribution is 5.89. The van der Waals surface area contributed by atoms with Crippen molar-refractivity contribution in [1.29, 1.82) is 5.26 Å². The van der Waals surface area contributed by atoms with E-state index in [2.05, 4.69) is 10.1 Å². The fourth-order valence-corrected chi connectivity index (χ4v) is 1.27. The predicted molar refractivity (Wildman–Crippen MR) is 53.0 cm³/mol. The molecule has 0 aromatic carbocycles. The van der Waals surface area contributed by atoms with Crippen LogP contribution in [0.15, 0.2) is 30.6 Å². The molecule has 2 aromatic rings. The minimum atomic E-state index is -1.18. The third-order valence-electron chi connectivity index (χ3n) is 1.97. The molecule has 1 N–H and O–H groups in total. The zero-order valence-corrected chi connectivity index (χ0v) is 8.03. The Kier molecular flexibility index (Phi) is 2.36. The molecule has 0 atom stereocenters. The van der Waals surface area contributed by atoms with E-state index in [4.69, 9.17) is 10.4 Å². The first-order valence-corrected chi connectivity index (χ1v) is 4.37. The average Bonchev–Trinajstić information content (AvgIpc) is 2.73. The largest absolute Gasteiger partial charge is 0.478 e. The summed E-state index contributed by atoms with van der Waals surface area (Å²) >= 11 is 0. The van der Waals surface area contributed by atoms with Crippen LogP contribution in [0.1, 0.15) is 16.1 Å². The zero-order chi connectivity index (χ0) is 11.5. The van der Waals surface area contributed by atoms with Gasteiger partial charge in [-0.1, -0.05) is 6.07 Å². The Labute approximate surface area is 90.4 Å². The molecule has 0 saturated heterocycles. The molecule has 2 aromatic heterocycles. The molecule has 0 aliphatic rings. The van der Waals surface area contributed by atoms with Gasteiger partial charge in [0.15, 0.2) is 11.5 Å². The molecule has 0 bridgehead atoms. The number of nitriles is 1. The lowest BCUT2D eigenvalue weighted by Gasteiger charge is -2.00. The SMILES string of the molecule is N#Cc1c(C(=O)O)cnn1-c1ccccn1. The van der Waals surface area contributed by atoms with Gasteiger partial charge in [0.25, 0.3) is 0 Å². The molecule has 0 fully saturated rings. The van der Waals surface area contributed by atoms with Crippen LogP contribution in [0.3, 0.4) is 0 Å². The Morgan fingerprint density at radius 1 is 1.50 bits per heavy atom. The normalized spacial score (nSPS) is 9.69. The molecule has 6 nitrogen and oxygen atoms in total. The summed E-state index contributed by atoms with van der Waals surface area (Å²) in [6.07, 6.45) is 2.67. The first kappa shape index (κ1) is 9.86. The molecule has 0 aliphatic carbocycles. The van der Waals surface area contributed by atoms with Crippen LogP contribution in [-0.4, -0.2) is 25.8 Å². The molecule has 2 heterocycles. The van der Waals surface area contributed by atoms with Crippen molar-refractivity contribution in [3.05, 3.63) is 41.9 Å². The highest BCUT2D eigenvalue weighted by atomic mass is 16.4. The van der Waals surface area contributed by atoms with Crippen LogP contribution in [0.4, 0.5) is 0 Å². The molecule has 0 unspecified atom stereocenters. The van der Waals surface area contributed by atoms with Crippen molar-refractivity contribution in [1.82, 2.24) is 14.8 Å². The van der Waals surface area contributed by atoms with Crippen LogP contribution in [0.2, 0.25) is 0 Å². The van der Waals surface area contributed by atoms with E-state index in [0.717, 1.165) is 6.20 Å². The standard InChI is InChI=1S/C10H6N4O2/c11-5-8-7(10(15)16)6-13-14(8)9-3-1-2-4-12-9/h1-4,6H,(H,15,16). The van der Waals surface area contributed by atoms with Crippen LogP contribution in [0.5, 0.6) is 0 Å². The Balaban J connectivity index is 2.60. The Morgan fingerprint density at radius 2 is 2.31 bits per heavy atom. The summed E-state index contributed by atoms with van der Waals surface area (Å²) in [5, 5.41) is 21.6. The molecule has 6 heteroatoms. The smallest absolute Gasteiger partial charge is 0.340 e. The van der Waals surface area contributed by atoms with Crippen molar-refractivity contribution < 1.29 is 9.90 Å². The van der Waals surface area contributed by atoms with E-state index in [1.54, 1.807) is 30.5 Å². The topological polar surface area (TPSA) is 91.8 Å². The first-order chi connectivity index (χ1) is 7.74. The van der Waals surface area contributed by atoms with E-state index < -0.39 is 5.97 Å². The van der Waals surface area contributed by atoms with Gasteiger partial charge < -0.3 is 5.11 Å². The maximum atomic E-state index is 10.8. The number of carboxylic acid groups (broad SMARTS) is 1. The van der Waals surface area contributed by atoms with Gasteiger partial charge >= 0.3 is 5.97 Å². The Morgan fingerprint density at radius 3 is 2.88 bits per heavy atom. The maximum Gasteiger partial charge on any atom is 0.340 e. The molecule has 0 radical (unpaired) electrons. The third kappa shape index (κ3) is 1.50. The second kappa shape index (κ2) is 3.82. The van der Waals surface area contributed by atoms with Crippen molar-refractivity contribution in [2.75, 3.05) is 0 Å². The molecule has 0 spiro atoms. The van der Waals surface area contributed by atoms with Gasteiger partial charge in [0.1, 0.15) is 11.6 Å². The molecule has 0 aliphatic heterocycles. The van der Waals surface area contributed by atoms with Gasteiger partial charge in [-0.25, -0.2) is 14.5 Å². The van der Waals surface area contributed by atoms with Crippen molar-refractivity contribution in [3.63, 3.8) is 0 Å². The predicted octanol–water partition coefficient (Wildman–Crippen LogP) is 0.837. The van der Waals surface area contributed by atoms with Crippen LogP contribution in [-0.2, 0) is 0 Å². The van der Waals surface area contributed by atoms with Crippen LogP contribution in [0, 0.1) is 11.3 Å². The summed E-state index contributed by atoms with van der Waals surface area (Å²) in [6.45, 7) is 0. The number of pyridine rings is 1. The maximum absolute atomic E-state index is 10.8. The number of carboxylic acids is 1. The minimum absolute atomic E-state index is 0.0359. The number of rotatable bonds is 2. The van der Waals surface area contributed by atoms with Crippen LogP contribution in [0.25, 0.3) is 5.82 Å². The summed E-state index contributed by atoms with van der Waals surface area (Å²) in [4.78, 5) is 14.8. The molecule has 0 saturated carbocycles. The van der Waals surface area contributed by atoms with Crippen molar-refractivity contribution in [2.24, 2.45) is 0 Å². The van der Waals surface area contributed by atoms with E-state index >= 15 is 0 Å². The van der Waals surface area contributed by atoms with Gasteiger partial charge in [-0.05, 0) is 12.1 Å². The van der Waals surface area contributed by atoms with E-state index in [9.17, 15) is 4.79 Å². The number of aromatic nitrogens is 3. The monoisotopic (exact) mass is 214 g/mol. The van der Waals surface area contributed by atoms with Gasteiger partial charge in [0.05, 0.1) is 6.20 Å². The molecular formula is C10H6N4O2. The second-order valence-corrected chi connectivity index (χ2v) is 2.92. The van der Waals surface area contributed by atoms with Gasteiger partial charge in [0, 0.05) is 6.20 Å². The summed E-state index contributed by atoms with van der Waals surface area (Å²) in [5.41, 5.74) is -0.167. The van der Waals surface area contributed by atoms with Gasteiger partial charge in [0.2, 0.25) is 0 Å². The molecule has 0 amide bonds. The number of hydrogen-bond donors (Lipinski definition) is 1. The molecule has 78 valence electrons. The summed E-state index contributed by atoms with van der Waals surface area (Å²) in [7, 11) is 0. The highest BCUT2D eigenvalue weighted by Crippen LogP contribution is 2.11. The van der Waals surface area contributed by atoms with Gasteiger partial charge in [-0.15, -0.1) is 0 Å². The summed E-state index contributed by atoms with van der Waals surface area (Å²) < 4.78 is 1.20. The van der Waals surface area contributed by atoms with Gasteiger partial charge in [-0.2, -0.15) is 10.4 Å². The van der Waals surface area contributed by atoms with Crippen molar-refractivity contribution in [3.8, 4) is 11.9 Å². The van der Waals surface area contributed by atoms with Gasteiger partial charge in [-0.3, -0.25) is 0 Å². The fraction of sp³-hybridized carbons (Fsp3) is 0. The van der Waals surface area contributed by atoms with E-state index in [1.807, 2.05) is 0 Å². The number of nitrogens with zero attached hydrogens (tertiary/aromatic N) is 4.